The number of carbonyl (C=O) groups is 2. The molecule has 2 atom stereocenters. The molecule has 1 aliphatic heterocycles. The van der Waals surface area contributed by atoms with E-state index >= 15 is 0 Å². The molecule has 2 aliphatic rings. The molecular formula is C22H18BrNO3. The lowest BCUT2D eigenvalue weighted by molar-refractivity contribution is -0.139. The molecule has 0 radical (unpaired) electrons. The Bertz CT molecular complexity index is 1000. The van der Waals surface area contributed by atoms with Crippen LogP contribution in [0.15, 0.2) is 69.3 Å². The van der Waals surface area contributed by atoms with Gasteiger partial charge in [-0.05, 0) is 31.5 Å². The molecule has 0 N–H and O–H groups in total. The third-order valence-corrected chi connectivity index (χ3v) is 5.62. The minimum absolute atomic E-state index is 0.00608. The molecule has 0 amide bonds. The number of ketones is 1. The highest BCUT2D eigenvalue weighted by Gasteiger charge is 2.47. The maximum absolute atomic E-state index is 13.2. The van der Waals surface area contributed by atoms with E-state index in [4.69, 9.17) is 4.74 Å². The molecule has 0 bridgehead atoms. The molecule has 2 aromatic rings. The van der Waals surface area contributed by atoms with E-state index in [1.165, 1.54) is 0 Å². The summed E-state index contributed by atoms with van der Waals surface area (Å²) < 4.78 is 6.24. The van der Waals surface area contributed by atoms with Crippen molar-refractivity contribution in [2.45, 2.75) is 19.8 Å². The van der Waals surface area contributed by atoms with Gasteiger partial charge in [-0.3, -0.25) is 9.79 Å². The Morgan fingerprint density at radius 2 is 1.74 bits per heavy atom. The highest BCUT2D eigenvalue weighted by atomic mass is 79.9. The molecule has 0 spiro atoms. The van der Waals surface area contributed by atoms with Gasteiger partial charge < -0.3 is 4.74 Å². The Hall–Kier alpha value is -2.53. The van der Waals surface area contributed by atoms with Crippen LogP contribution in [0, 0.1) is 5.92 Å². The van der Waals surface area contributed by atoms with Gasteiger partial charge in [-0.1, -0.05) is 52.3 Å². The fourth-order valence-corrected chi connectivity index (χ4v) is 4.23. The number of allylic oxidation sites excluding steroid dienone is 1. The summed E-state index contributed by atoms with van der Waals surface area (Å²) in [5.41, 5.74) is 4.25. The Balaban J connectivity index is 1.93. The lowest BCUT2D eigenvalue weighted by Gasteiger charge is -2.30. The molecule has 136 valence electrons. The molecule has 1 aliphatic carbocycles. The fraction of sp³-hybridized carbons (Fsp3) is 0.227. The van der Waals surface area contributed by atoms with Crippen LogP contribution in [0.2, 0.25) is 0 Å². The Morgan fingerprint density at radius 1 is 1.07 bits per heavy atom. The van der Waals surface area contributed by atoms with E-state index in [0.29, 0.717) is 16.8 Å². The quantitative estimate of drug-likeness (QED) is 0.673. The number of nitrogens with zero attached hydrogens (tertiary/aromatic N) is 1. The van der Waals surface area contributed by atoms with Gasteiger partial charge >= 0.3 is 5.97 Å². The number of carbonyl (C=O) groups excluding carboxylic acids is 2. The number of Topliss-reactive ketones (excluding diaryl/α,β-unsaturated/α-hetero) is 1. The van der Waals surface area contributed by atoms with Crippen LogP contribution in [-0.4, -0.2) is 24.1 Å². The minimum Gasteiger partial charge on any atom is -0.463 e. The normalized spacial score (nSPS) is 20.9. The second-order valence-corrected chi connectivity index (χ2v) is 7.55. The number of ether oxygens (including phenoxy) is 1. The molecule has 0 saturated carbocycles. The second kappa shape index (κ2) is 6.89. The first kappa shape index (κ1) is 17.9. The van der Waals surface area contributed by atoms with Crippen LogP contribution >= 0.6 is 15.9 Å². The molecule has 0 unspecified atom stereocenters. The van der Waals surface area contributed by atoms with Crippen molar-refractivity contribution in [1.29, 1.82) is 0 Å². The number of hydrogen-bond donors (Lipinski definition) is 0. The van der Waals surface area contributed by atoms with Gasteiger partial charge in [0.05, 0.1) is 23.8 Å². The summed E-state index contributed by atoms with van der Waals surface area (Å²) in [7, 11) is 0. The predicted molar refractivity (Wildman–Crippen MR) is 107 cm³/mol. The number of hydrogen-bond acceptors (Lipinski definition) is 4. The number of fused-ring (bicyclic) bond motifs is 3. The van der Waals surface area contributed by atoms with Crippen molar-refractivity contribution in [2.75, 3.05) is 6.61 Å². The molecule has 27 heavy (non-hydrogen) atoms. The van der Waals surface area contributed by atoms with Crippen LogP contribution in [0.1, 0.15) is 41.3 Å². The van der Waals surface area contributed by atoms with E-state index in [0.717, 1.165) is 21.3 Å². The summed E-state index contributed by atoms with van der Waals surface area (Å²) >= 11 is 3.45. The van der Waals surface area contributed by atoms with Gasteiger partial charge in [-0.25, -0.2) is 4.79 Å². The van der Waals surface area contributed by atoms with Crippen molar-refractivity contribution in [1.82, 2.24) is 0 Å². The molecule has 2 aromatic carbocycles. The molecule has 4 rings (SSSR count). The van der Waals surface area contributed by atoms with E-state index in [9.17, 15) is 9.59 Å². The summed E-state index contributed by atoms with van der Waals surface area (Å²) in [5.74, 6) is -1.32. The second-order valence-electron chi connectivity index (χ2n) is 6.63. The van der Waals surface area contributed by atoms with Gasteiger partial charge in [0.1, 0.15) is 0 Å². The van der Waals surface area contributed by atoms with Crippen molar-refractivity contribution < 1.29 is 14.3 Å². The van der Waals surface area contributed by atoms with E-state index in [1.807, 2.05) is 55.5 Å². The first-order valence-corrected chi connectivity index (χ1v) is 9.67. The van der Waals surface area contributed by atoms with Crippen molar-refractivity contribution in [3.05, 3.63) is 81.0 Å². The van der Waals surface area contributed by atoms with Crippen molar-refractivity contribution in [2.24, 2.45) is 10.9 Å². The van der Waals surface area contributed by atoms with E-state index in [1.54, 1.807) is 6.92 Å². The monoisotopic (exact) mass is 423 g/mol. The van der Waals surface area contributed by atoms with Crippen LogP contribution in [0.5, 0.6) is 0 Å². The molecule has 4 nitrogen and oxygen atoms in total. The average molecular weight is 424 g/mol. The largest absolute Gasteiger partial charge is 0.463 e. The summed E-state index contributed by atoms with van der Waals surface area (Å²) in [6, 6.07) is 15.3. The third kappa shape index (κ3) is 2.86. The highest BCUT2D eigenvalue weighted by Crippen LogP contribution is 2.46. The van der Waals surface area contributed by atoms with Crippen molar-refractivity contribution in [3.8, 4) is 0 Å². The standard InChI is InChI=1S/C22H18BrNO3/c1-3-27-22(26)17-12(2)24-20-15-6-4-5-7-16(15)21(25)19(20)18(17)13-8-10-14(23)11-9-13/h4-11,18-19H,3H2,1-2H3/t18-,19-/m1/s1. The van der Waals surface area contributed by atoms with Gasteiger partial charge in [-0.15, -0.1) is 0 Å². The van der Waals surface area contributed by atoms with Crippen molar-refractivity contribution in [3.63, 3.8) is 0 Å². The third-order valence-electron chi connectivity index (χ3n) is 5.09. The molecule has 1 heterocycles. The predicted octanol–water partition coefficient (Wildman–Crippen LogP) is 4.69. The fourth-order valence-electron chi connectivity index (χ4n) is 3.96. The Labute approximate surface area is 166 Å². The first-order valence-electron chi connectivity index (χ1n) is 8.88. The maximum Gasteiger partial charge on any atom is 0.336 e. The average Bonchev–Trinajstić information content (AvgIpc) is 2.94. The number of aliphatic imine (C=N–C) groups is 1. The zero-order chi connectivity index (χ0) is 19.1. The minimum atomic E-state index is -0.508. The van der Waals surface area contributed by atoms with Gasteiger partial charge in [0.2, 0.25) is 0 Å². The number of rotatable bonds is 3. The topological polar surface area (TPSA) is 55.7 Å². The van der Waals surface area contributed by atoms with Crippen molar-refractivity contribution >= 4 is 33.4 Å². The maximum atomic E-state index is 13.2. The zero-order valence-corrected chi connectivity index (χ0v) is 16.6. The number of halogens is 1. The lowest BCUT2D eigenvalue weighted by atomic mass is 9.75. The van der Waals surface area contributed by atoms with Crippen LogP contribution in [0.3, 0.4) is 0 Å². The molecule has 0 fully saturated rings. The van der Waals surface area contributed by atoms with Gasteiger partial charge in [0, 0.05) is 27.2 Å². The summed E-state index contributed by atoms with van der Waals surface area (Å²) in [6.45, 7) is 3.86. The summed E-state index contributed by atoms with van der Waals surface area (Å²) in [4.78, 5) is 30.7. The van der Waals surface area contributed by atoms with Crippen LogP contribution in [-0.2, 0) is 9.53 Å². The Morgan fingerprint density at radius 3 is 2.41 bits per heavy atom. The zero-order valence-electron chi connectivity index (χ0n) is 15.0. The van der Waals surface area contributed by atoms with E-state index in [-0.39, 0.29) is 12.4 Å². The van der Waals surface area contributed by atoms with Gasteiger partial charge in [-0.2, -0.15) is 0 Å². The van der Waals surface area contributed by atoms with Crippen LogP contribution in [0.4, 0.5) is 0 Å². The summed E-state index contributed by atoms with van der Waals surface area (Å²) in [6.07, 6.45) is 0. The number of benzene rings is 2. The molecule has 5 heteroatoms. The van der Waals surface area contributed by atoms with Crippen LogP contribution < -0.4 is 0 Å². The molecule has 0 saturated heterocycles. The molecule has 0 aromatic heterocycles. The van der Waals surface area contributed by atoms with Crippen LogP contribution in [0.25, 0.3) is 0 Å². The Kier molecular flexibility index (Phi) is 4.56. The lowest BCUT2D eigenvalue weighted by Crippen LogP contribution is -2.32. The van der Waals surface area contributed by atoms with E-state index < -0.39 is 17.8 Å². The van der Waals surface area contributed by atoms with Gasteiger partial charge in [0.15, 0.2) is 5.78 Å². The first-order chi connectivity index (χ1) is 13.0. The summed E-state index contributed by atoms with van der Waals surface area (Å²) in [5, 5.41) is 0. The smallest absolute Gasteiger partial charge is 0.336 e. The number of esters is 1. The van der Waals surface area contributed by atoms with Gasteiger partial charge in [0.25, 0.3) is 0 Å². The SMILES string of the molecule is CCOC(=O)C1=C(C)N=C2c3ccccc3C(=O)[C@@H]2[C@@H]1c1ccc(Br)cc1. The van der Waals surface area contributed by atoms with E-state index in [2.05, 4.69) is 20.9 Å². The highest BCUT2D eigenvalue weighted by molar-refractivity contribution is 9.10. The molecular weight excluding hydrogens is 406 g/mol.